The highest BCUT2D eigenvalue weighted by molar-refractivity contribution is 7.89. The van der Waals surface area contributed by atoms with Crippen LogP contribution in [-0.4, -0.2) is 40.7 Å². The largest absolute Gasteiger partial charge is 0.289 e. The molecule has 0 aliphatic carbocycles. The lowest BCUT2D eigenvalue weighted by Gasteiger charge is -2.17. The average Bonchev–Trinajstić information content (AvgIpc) is 3.06. The highest BCUT2D eigenvalue weighted by atomic mass is 32.2. The van der Waals surface area contributed by atoms with Crippen molar-refractivity contribution in [3.8, 4) is 0 Å². The van der Waals surface area contributed by atoms with Crippen molar-refractivity contribution in [3.05, 3.63) is 58.2 Å². The molecule has 1 saturated heterocycles. The molecule has 1 unspecified atom stereocenters. The van der Waals surface area contributed by atoms with E-state index < -0.39 is 20.6 Å². The Bertz CT molecular complexity index is 870. The van der Waals surface area contributed by atoms with Gasteiger partial charge in [0.25, 0.3) is 5.69 Å². The molecule has 9 heteroatoms. The first-order chi connectivity index (χ1) is 11.4. The average molecular weight is 348 g/mol. The van der Waals surface area contributed by atoms with Crippen LogP contribution in [0, 0.1) is 17.0 Å². The molecule has 24 heavy (non-hydrogen) atoms. The normalized spacial score (nSPS) is 18.6. The van der Waals surface area contributed by atoms with Crippen molar-refractivity contribution >= 4 is 15.7 Å². The zero-order valence-corrected chi connectivity index (χ0v) is 13.8. The third-order valence-electron chi connectivity index (χ3n) is 4.09. The molecule has 0 bridgehead atoms. The highest BCUT2D eigenvalue weighted by Crippen LogP contribution is 2.34. The first-order valence-corrected chi connectivity index (χ1v) is 8.86. The summed E-state index contributed by atoms with van der Waals surface area (Å²) in [5.41, 5.74) is -0.0296. The van der Waals surface area contributed by atoms with E-state index >= 15 is 0 Å². The Labute approximate surface area is 139 Å². The van der Waals surface area contributed by atoms with E-state index in [1.165, 1.54) is 16.4 Å². The molecule has 1 aliphatic heterocycles. The SMILES string of the molecule is Cc1cccc([N+](=O)[O-])c1S(=O)(=O)N1CCC(c2ncccn2)C1. The standard InChI is InChI=1S/C15H16N4O4S/c1-11-4-2-5-13(19(20)21)14(11)24(22,23)18-9-6-12(10-18)15-16-7-3-8-17-15/h2-5,7-8,12H,6,9-10H2,1H3. The molecule has 0 spiro atoms. The molecule has 0 N–H and O–H groups in total. The van der Waals surface area contributed by atoms with Gasteiger partial charge in [-0.15, -0.1) is 0 Å². The van der Waals surface area contributed by atoms with Gasteiger partial charge >= 0.3 is 0 Å². The van der Waals surface area contributed by atoms with E-state index in [1.54, 1.807) is 31.5 Å². The molecule has 2 aromatic rings. The second-order valence-corrected chi connectivity index (χ2v) is 7.51. The van der Waals surface area contributed by atoms with Crippen molar-refractivity contribution in [2.45, 2.75) is 24.2 Å². The van der Waals surface area contributed by atoms with E-state index in [-0.39, 0.29) is 23.9 Å². The van der Waals surface area contributed by atoms with Crippen LogP contribution in [0.2, 0.25) is 0 Å². The van der Waals surface area contributed by atoms with Gasteiger partial charge in [-0.05, 0) is 25.0 Å². The van der Waals surface area contributed by atoms with Crippen LogP contribution >= 0.6 is 0 Å². The number of hydrogen-bond donors (Lipinski definition) is 0. The van der Waals surface area contributed by atoms with Gasteiger partial charge in [-0.1, -0.05) is 12.1 Å². The van der Waals surface area contributed by atoms with Crippen LogP contribution in [0.3, 0.4) is 0 Å². The maximum atomic E-state index is 12.9. The second kappa shape index (κ2) is 6.25. The molecule has 1 aliphatic rings. The highest BCUT2D eigenvalue weighted by Gasteiger charge is 2.38. The van der Waals surface area contributed by atoms with Crippen molar-refractivity contribution < 1.29 is 13.3 Å². The number of hydrogen-bond acceptors (Lipinski definition) is 6. The molecule has 2 heterocycles. The lowest BCUT2D eigenvalue weighted by Crippen LogP contribution is -2.30. The van der Waals surface area contributed by atoms with Crippen LogP contribution in [0.4, 0.5) is 5.69 Å². The third-order valence-corrected chi connectivity index (χ3v) is 6.15. The van der Waals surface area contributed by atoms with Crippen molar-refractivity contribution in [3.63, 3.8) is 0 Å². The van der Waals surface area contributed by atoms with Crippen LogP contribution < -0.4 is 0 Å². The number of aryl methyl sites for hydroxylation is 1. The van der Waals surface area contributed by atoms with E-state index in [1.807, 2.05) is 0 Å². The Balaban J connectivity index is 1.95. The zero-order valence-electron chi connectivity index (χ0n) is 13.0. The summed E-state index contributed by atoms with van der Waals surface area (Å²) >= 11 is 0. The minimum atomic E-state index is -3.95. The van der Waals surface area contributed by atoms with Crippen LogP contribution in [-0.2, 0) is 10.0 Å². The zero-order chi connectivity index (χ0) is 17.3. The van der Waals surface area contributed by atoms with Gasteiger partial charge in [0.05, 0.1) is 4.92 Å². The molecular weight excluding hydrogens is 332 g/mol. The Morgan fingerprint density at radius 3 is 2.62 bits per heavy atom. The summed E-state index contributed by atoms with van der Waals surface area (Å²) in [4.78, 5) is 18.7. The number of aromatic nitrogens is 2. The minimum Gasteiger partial charge on any atom is -0.258 e. The van der Waals surface area contributed by atoms with E-state index in [9.17, 15) is 18.5 Å². The van der Waals surface area contributed by atoms with Gasteiger partial charge in [-0.2, -0.15) is 4.31 Å². The van der Waals surface area contributed by atoms with Gasteiger partial charge in [0.2, 0.25) is 10.0 Å². The van der Waals surface area contributed by atoms with Gasteiger partial charge in [-0.3, -0.25) is 10.1 Å². The Morgan fingerprint density at radius 2 is 1.96 bits per heavy atom. The fraction of sp³-hybridized carbons (Fsp3) is 0.333. The minimum absolute atomic E-state index is 0.107. The molecule has 1 fully saturated rings. The van der Waals surface area contributed by atoms with Crippen molar-refractivity contribution in [1.82, 2.24) is 14.3 Å². The van der Waals surface area contributed by atoms with Crippen molar-refractivity contribution in [2.75, 3.05) is 13.1 Å². The number of sulfonamides is 1. The molecule has 1 aromatic heterocycles. The molecule has 1 aromatic carbocycles. The van der Waals surface area contributed by atoms with Gasteiger partial charge in [0.1, 0.15) is 5.82 Å². The molecule has 0 saturated carbocycles. The van der Waals surface area contributed by atoms with Crippen LogP contribution in [0.25, 0.3) is 0 Å². The van der Waals surface area contributed by atoms with E-state index in [4.69, 9.17) is 0 Å². The summed E-state index contributed by atoms with van der Waals surface area (Å²) in [5, 5.41) is 11.2. The maximum absolute atomic E-state index is 12.9. The smallest absolute Gasteiger partial charge is 0.258 e. The second-order valence-electron chi connectivity index (χ2n) is 5.64. The van der Waals surface area contributed by atoms with Gasteiger partial charge in [-0.25, -0.2) is 18.4 Å². The fourth-order valence-corrected chi connectivity index (χ4v) is 4.79. The van der Waals surface area contributed by atoms with Crippen LogP contribution in [0.15, 0.2) is 41.6 Å². The van der Waals surface area contributed by atoms with E-state index in [0.29, 0.717) is 17.8 Å². The van der Waals surface area contributed by atoms with E-state index in [2.05, 4.69) is 9.97 Å². The predicted octanol–water partition coefficient (Wildman–Crippen LogP) is 1.87. The predicted molar refractivity (Wildman–Crippen MR) is 86.0 cm³/mol. The maximum Gasteiger partial charge on any atom is 0.289 e. The van der Waals surface area contributed by atoms with Crippen molar-refractivity contribution in [1.29, 1.82) is 0 Å². The summed E-state index contributed by atoms with van der Waals surface area (Å²) in [5.74, 6) is 0.485. The summed E-state index contributed by atoms with van der Waals surface area (Å²) in [6.45, 7) is 2.07. The number of nitro benzene ring substituents is 1. The monoisotopic (exact) mass is 348 g/mol. The lowest BCUT2D eigenvalue weighted by atomic mass is 10.1. The number of nitrogens with zero attached hydrogens (tertiary/aromatic N) is 4. The summed E-state index contributed by atoms with van der Waals surface area (Å²) in [7, 11) is -3.95. The molecule has 0 amide bonds. The third kappa shape index (κ3) is 2.87. The summed E-state index contributed by atoms with van der Waals surface area (Å²) < 4.78 is 27.2. The fourth-order valence-electron chi connectivity index (χ4n) is 2.92. The quantitative estimate of drug-likeness (QED) is 0.617. The molecular formula is C15H16N4O4S. The van der Waals surface area contributed by atoms with Crippen molar-refractivity contribution in [2.24, 2.45) is 0 Å². The van der Waals surface area contributed by atoms with Gasteiger partial charge in [0, 0.05) is 37.5 Å². The first-order valence-electron chi connectivity index (χ1n) is 7.42. The molecule has 126 valence electrons. The number of rotatable bonds is 4. The van der Waals surface area contributed by atoms with Crippen LogP contribution in [0.1, 0.15) is 23.7 Å². The number of benzene rings is 1. The van der Waals surface area contributed by atoms with Crippen LogP contribution in [0.5, 0.6) is 0 Å². The summed E-state index contributed by atoms with van der Waals surface area (Å²) in [6, 6.07) is 5.96. The Hall–Kier alpha value is -2.39. The number of nitro groups is 1. The first kappa shape index (κ1) is 16.5. The molecule has 8 nitrogen and oxygen atoms in total. The van der Waals surface area contributed by atoms with E-state index in [0.717, 1.165) is 0 Å². The Kier molecular flexibility index (Phi) is 4.29. The topological polar surface area (TPSA) is 106 Å². The lowest BCUT2D eigenvalue weighted by molar-refractivity contribution is -0.387. The van der Waals surface area contributed by atoms with Gasteiger partial charge in [0.15, 0.2) is 4.90 Å². The Morgan fingerprint density at radius 1 is 1.25 bits per heavy atom. The van der Waals surface area contributed by atoms with Gasteiger partial charge < -0.3 is 0 Å². The summed E-state index contributed by atoms with van der Waals surface area (Å²) in [6.07, 6.45) is 3.82. The molecule has 1 atom stereocenters. The molecule has 0 radical (unpaired) electrons. The molecule has 3 rings (SSSR count).